The summed E-state index contributed by atoms with van der Waals surface area (Å²) < 4.78 is 0. The number of aliphatic hydroxyl groups is 3. The Morgan fingerprint density at radius 3 is 1.82 bits per heavy atom. The maximum absolute atomic E-state index is 9.61. The van der Waals surface area contributed by atoms with Gasteiger partial charge in [-0.15, -0.1) is 0 Å². The highest BCUT2D eigenvalue weighted by Crippen LogP contribution is 2.11. The van der Waals surface area contributed by atoms with E-state index in [1.54, 1.807) is 0 Å². The number of allylic oxidation sites excluding steroid dienone is 1. The molecule has 0 aromatic heterocycles. The molecule has 0 heterocycles. The Labute approximate surface area is 137 Å². The Kier molecular flexibility index (Phi) is 16.7. The molecule has 2 atom stereocenters. The van der Waals surface area contributed by atoms with Gasteiger partial charge in [0, 0.05) is 6.42 Å². The molecule has 0 saturated carbocycles. The second-order valence-electron chi connectivity index (χ2n) is 6.40. The zero-order chi connectivity index (χ0) is 16.5. The smallest absolute Gasteiger partial charge is 0.0795 e. The number of rotatable bonds is 16. The van der Waals surface area contributed by atoms with Crippen molar-refractivity contribution in [3.8, 4) is 0 Å². The molecule has 0 aliphatic carbocycles. The number of aliphatic hydroxyl groups excluding tert-OH is 3. The van der Waals surface area contributed by atoms with Crippen LogP contribution in [-0.4, -0.2) is 34.1 Å². The van der Waals surface area contributed by atoms with E-state index in [-0.39, 0.29) is 13.0 Å². The highest BCUT2D eigenvalue weighted by atomic mass is 16.3. The average molecular weight is 315 g/mol. The molecule has 3 N–H and O–H groups in total. The van der Waals surface area contributed by atoms with Crippen molar-refractivity contribution in [2.75, 3.05) is 6.61 Å². The molecule has 0 rings (SSSR count). The van der Waals surface area contributed by atoms with E-state index in [1.807, 2.05) is 6.08 Å². The van der Waals surface area contributed by atoms with Crippen molar-refractivity contribution >= 4 is 0 Å². The van der Waals surface area contributed by atoms with Crippen molar-refractivity contribution in [3.63, 3.8) is 0 Å². The van der Waals surface area contributed by atoms with Gasteiger partial charge in [-0.3, -0.25) is 0 Å². The summed E-state index contributed by atoms with van der Waals surface area (Å²) in [4.78, 5) is 0. The van der Waals surface area contributed by atoms with E-state index >= 15 is 0 Å². The van der Waals surface area contributed by atoms with Crippen LogP contribution < -0.4 is 0 Å². The fraction of sp³-hybridized carbons (Fsp3) is 0.895. The lowest BCUT2D eigenvalue weighted by molar-refractivity contribution is 0.0428. The molecule has 0 unspecified atom stereocenters. The minimum atomic E-state index is -0.801. The van der Waals surface area contributed by atoms with Gasteiger partial charge in [0.15, 0.2) is 0 Å². The third-order valence-corrected chi connectivity index (χ3v) is 4.05. The monoisotopic (exact) mass is 314 g/mol. The van der Waals surface area contributed by atoms with E-state index in [4.69, 9.17) is 5.11 Å². The number of unbranched alkanes of at least 4 members (excludes halogenated alkanes) is 10. The lowest BCUT2D eigenvalue weighted by Crippen LogP contribution is -2.20. The van der Waals surface area contributed by atoms with Crippen molar-refractivity contribution in [2.45, 2.75) is 103 Å². The third kappa shape index (κ3) is 16.0. The first-order valence-electron chi connectivity index (χ1n) is 9.32. The van der Waals surface area contributed by atoms with Crippen molar-refractivity contribution in [3.05, 3.63) is 12.2 Å². The predicted octanol–water partition coefficient (Wildman–Crippen LogP) is 4.35. The standard InChI is InChI=1S/C19H38O3/c1-2-3-4-5-6-7-8-9-10-11-12-13-14-15-18(21)16-19(22)17-20/h13-14,18-22H,2-12,15-17H2,1H3/b14-13-/t18-,19-/m1/s1. The second kappa shape index (κ2) is 17.0. The minimum absolute atomic E-state index is 0.249. The fourth-order valence-electron chi connectivity index (χ4n) is 2.61. The van der Waals surface area contributed by atoms with Crippen LogP contribution in [0.2, 0.25) is 0 Å². The molecule has 0 aliphatic heterocycles. The van der Waals surface area contributed by atoms with Crippen LogP contribution in [0.15, 0.2) is 12.2 Å². The maximum atomic E-state index is 9.61. The lowest BCUT2D eigenvalue weighted by Gasteiger charge is -2.11. The van der Waals surface area contributed by atoms with Crippen LogP contribution in [0.4, 0.5) is 0 Å². The summed E-state index contributed by atoms with van der Waals surface area (Å²) in [6.07, 6.45) is 18.2. The van der Waals surface area contributed by atoms with Crippen molar-refractivity contribution in [1.29, 1.82) is 0 Å². The molecule has 0 bridgehead atoms. The Bertz CT molecular complexity index is 241. The molecule has 22 heavy (non-hydrogen) atoms. The van der Waals surface area contributed by atoms with Gasteiger partial charge >= 0.3 is 0 Å². The van der Waals surface area contributed by atoms with Crippen LogP contribution in [0.3, 0.4) is 0 Å². The van der Waals surface area contributed by atoms with Crippen molar-refractivity contribution in [1.82, 2.24) is 0 Å². The molecule has 0 fully saturated rings. The van der Waals surface area contributed by atoms with Gasteiger partial charge in [-0.1, -0.05) is 76.9 Å². The largest absolute Gasteiger partial charge is 0.394 e. The molecule has 0 amide bonds. The Morgan fingerprint density at radius 1 is 0.727 bits per heavy atom. The number of hydrogen-bond donors (Lipinski definition) is 3. The van der Waals surface area contributed by atoms with Gasteiger partial charge in [0.05, 0.1) is 18.8 Å². The molecule has 132 valence electrons. The predicted molar refractivity (Wildman–Crippen MR) is 93.9 cm³/mol. The van der Waals surface area contributed by atoms with Crippen LogP contribution in [-0.2, 0) is 0 Å². The summed E-state index contributed by atoms with van der Waals surface area (Å²) in [6, 6.07) is 0. The molecule has 3 nitrogen and oxygen atoms in total. The molecule has 0 radical (unpaired) electrons. The topological polar surface area (TPSA) is 60.7 Å². The quantitative estimate of drug-likeness (QED) is 0.293. The summed E-state index contributed by atoms with van der Waals surface area (Å²) in [5.74, 6) is 0. The highest BCUT2D eigenvalue weighted by Gasteiger charge is 2.08. The van der Waals surface area contributed by atoms with E-state index < -0.39 is 12.2 Å². The summed E-state index contributed by atoms with van der Waals surface area (Å²) in [5, 5.41) is 27.5. The normalized spacial score (nSPS) is 14.5. The van der Waals surface area contributed by atoms with Crippen molar-refractivity contribution in [2.24, 2.45) is 0 Å². The Morgan fingerprint density at radius 2 is 1.27 bits per heavy atom. The van der Waals surface area contributed by atoms with Gasteiger partial charge in [0.25, 0.3) is 0 Å². The van der Waals surface area contributed by atoms with Gasteiger partial charge in [-0.05, 0) is 19.3 Å². The average Bonchev–Trinajstić information content (AvgIpc) is 2.51. The van der Waals surface area contributed by atoms with E-state index in [9.17, 15) is 10.2 Å². The first-order valence-corrected chi connectivity index (χ1v) is 9.32. The molecule has 0 aromatic carbocycles. The Balaban J connectivity index is 3.23. The minimum Gasteiger partial charge on any atom is -0.394 e. The molecule has 0 saturated heterocycles. The second-order valence-corrected chi connectivity index (χ2v) is 6.40. The van der Waals surface area contributed by atoms with Gasteiger partial charge in [0.1, 0.15) is 0 Å². The molecular formula is C19H38O3. The number of hydrogen-bond acceptors (Lipinski definition) is 3. The van der Waals surface area contributed by atoms with Crippen LogP contribution in [0.1, 0.15) is 90.4 Å². The van der Waals surface area contributed by atoms with E-state index in [0.717, 1.165) is 6.42 Å². The maximum Gasteiger partial charge on any atom is 0.0795 e. The summed E-state index contributed by atoms with van der Waals surface area (Å²) in [5.41, 5.74) is 0. The highest BCUT2D eigenvalue weighted by molar-refractivity contribution is 4.84. The lowest BCUT2D eigenvalue weighted by atomic mass is 10.1. The van der Waals surface area contributed by atoms with E-state index in [0.29, 0.717) is 6.42 Å². The summed E-state index contributed by atoms with van der Waals surface area (Å²) in [7, 11) is 0. The molecule has 0 aliphatic rings. The van der Waals surface area contributed by atoms with Gasteiger partial charge in [-0.2, -0.15) is 0 Å². The molecule has 0 spiro atoms. The zero-order valence-corrected chi connectivity index (χ0v) is 14.6. The van der Waals surface area contributed by atoms with Crippen molar-refractivity contribution < 1.29 is 15.3 Å². The molecule has 0 aromatic rings. The summed E-state index contributed by atoms with van der Waals surface area (Å²) >= 11 is 0. The fourth-order valence-corrected chi connectivity index (χ4v) is 2.61. The van der Waals surface area contributed by atoms with E-state index in [1.165, 1.54) is 64.2 Å². The first-order chi connectivity index (χ1) is 10.7. The molecular weight excluding hydrogens is 276 g/mol. The van der Waals surface area contributed by atoms with Crippen LogP contribution in [0.5, 0.6) is 0 Å². The third-order valence-electron chi connectivity index (χ3n) is 4.05. The van der Waals surface area contributed by atoms with Crippen LogP contribution in [0.25, 0.3) is 0 Å². The SMILES string of the molecule is CCCCCCCCCCCC/C=C\C[C@@H](O)C[C@@H](O)CO. The van der Waals surface area contributed by atoms with Gasteiger partial charge < -0.3 is 15.3 Å². The zero-order valence-electron chi connectivity index (χ0n) is 14.6. The van der Waals surface area contributed by atoms with Crippen LogP contribution >= 0.6 is 0 Å². The van der Waals surface area contributed by atoms with Crippen LogP contribution in [0, 0.1) is 0 Å². The van der Waals surface area contributed by atoms with E-state index in [2.05, 4.69) is 13.0 Å². The molecule has 3 heteroatoms. The Hall–Kier alpha value is -0.380. The summed E-state index contributed by atoms with van der Waals surface area (Å²) in [6.45, 7) is 1.98. The van der Waals surface area contributed by atoms with Gasteiger partial charge in [-0.25, -0.2) is 0 Å². The first kappa shape index (κ1) is 21.6. The van der Waals surface area contributed by atoms with Gasteiger partial charge in [0.2, 0.25) is 0 Å².